The van der Waals surface area contributed by atoms with Gasteiger partial charge in [-0.1, -0.05) is 60.7 Å². The minimum absolute atomic E-state index is 0.0302. The highest BCUT2D eigenvalue weighted by Gasteiger charge is 2.61. The first-order valence-electron chi connectivity index (χ1n) is 9.60. The number of anilines is 1. The average Bonchev–Trinajstić information content (AvgIpc) is 3.09. The Morgan fingerprint density at radius 2 is 1.77 bits per heavy atom. The Hall–Kier alpha value is -3.93. The molecule has 2 atom stereocenters. The lowest BCUT2D eigenvalue weighted by molar-refractivity contribution is -0.384. The minimum Gasteiger partial charge on any atom is -0.492 e. The maximum Gasteiger partial charge on any atom is 0.271 e. The molecule has 30 heavy (non-hydrogen) atoms. The van der Waals surface area contributed by atoms with Crippen molar-refractivity contribution in [2.24, 2.45) is 0 Å². The van der Waals surface area contributed by atoms with Crippen LogP contribution in [0.1, 0.15) is 16.7 Å². The number of aldehydes is 1. The van der Waals surface area contributed by atoms with E-state index in [-0.39, 0.29) is 12.3 Å². The number of benzene rings is 3. The molecule has 0 amide bonds. The van der Waals surface area contributed by atoms with Gasteiger partial charge in [-0.3, -0.25) is 10.1 Å². The number of nitro benzene ring substituents is 1. The van der Waals surface area contributed by atoms with Crippen LogP contribution in [0.5, 0.6) is 5.75 Å². The van der Waals surface area contributed by atoms with Crippen molar-refractivity contribution in [2.75, 3.05) is 11.9 Å². The van der Waals surface area contributed by atoms with Crippen LogP contribution >= 0.6 is 0 Å². The maximum atomic E-state index is 12.7. The highest BCUT2D eigenvalue weighted by molar-refractivity contribution is 5.87. The number of carbonyl (C=O) groups excluding carboxylic acids is 1. The first-order valence-corrected chi connectivity index (χ1v) is 9.60. The summed E-state index contributed by atoms with van der Waals surface area (Å²) in [6.45, 7) is 0.129. The van der Waals surface area contributed by atoms with E-state index in [0.717, 1.165) is 17.4 Å². The van der Waals surface area contributed by atoms with Gasteiger partial charge in [-0.15, -0.1) is 0 Å². The van der Waals surface area contributed by atoms with E-state index in [1.807, 2.05) is 66.7 Å². The molecule has 0 aliphatic carbocycles. The lowest BCUT2D eigenvalue weighted by atomic mass is 9.64. The molecular formula is C24H18N2O4. The molecule has 6 heteroatoms. The SMILES string of the molecule is O=C[C@]12COc3ccccc3[C@@]1(/C=C/c1ccccc1)Nc1cc([N+](=O)[O-])ccc12. The zero-order valence-electron chi connectivity index (χ0n) is 15.9. The predicted molar refractivity (Wildman–Crippen MR) is 114 cm³/mol. The van der Waals surface area contributed by atoms with Gasteiger partial charge in [0, 0.05) is 23.4 Å². The predicted octanol–water partition coefficient (Wildman–Crippen LogP) is 4.46. The Bertz CT molecular complexity index is 1190. The Balaban J connectivity index is 1.76. The van der Waals surface area contributed by atoms with Crippen molar-refractivity contribution in [3.63, 3.8) is 0 Å². The Morgan fingerprint density at radius 3 is 2.53 bits per heavy atom. The molecule has 0 unspecified atom stereocenters. The molecule has 6 nitrogen and oxygen atoms in total. The first-order chi connectivity index (χ1) is 14.6. The van der Waals surface area contributed by atoms with Gasteiger partial charge >= 0.3 is 0 Å². The van der Waals surface area contributed by atoms with E-state index < -0.39 is 15.9 Å². The molecule has 0 saturated heterocycles. The van der Waals surface area contributed by atoms with Gasteiger partial charge in [0.2, 0.25) is 0 Å². The third-order valence-corrected chi connectivity index (χ3v) is 6.02. The second-order valence-electron chi connectivity index (χ2n) is 7.54. The van der Waals surface area contributed by atoms with Crippen LogP contribution in [0.25, 0.3) is 6.08 Å². The monoisotopic (exact) mass is 398 g/mol. The second kappa shape index (κ2) is 6.56. The fraction of sp³-hybridized carbons (Fsp3) is 0.125. The standard InChI is InChI=1S/C24H18N2O4/c27-15-23-16-30-22-9-5-4-8-20(22)24(23,13-12-17-6-2-1-3-7-17)25-21-14-18(26(28)29)10-11-19(21)23/h1-15,25H,16H2/b13-12+/t23-,24-/m1/s1. The Morgan fingerprint density at radius 1 is 1.00 bits per heavy atom. The normalized spacial score (nSPS) is 23.6. The molecular weight excluding hydrogens is 380 g/mol. The summed E-state index contributed by atoms with van der Waals surface area (Å²) in [6, 6.07) is 21.9. The van der Waals surface area contributed by atoms with Gasteiger partial charge in [-0.25, -0.2) is 0 Å². The number of hydrogen-bond acceptors (Lipinski definition) is 5. The van der Waals surface area contributed by atoms with E-state index in [2.05, 4.69) is 5.32 Å². The highest BCUT2D eigenvalue weighted by Crippen LogP contribution is 2.57. The number of carbonyl (C=O) groups is 1. The van der Waals surface area contributed by atoms with Crippen molar-refractivity contribution in [1.29, 1.82) is 0 Å². The molecule has 0 radical (unpaired) electrons. The molecule has 3 aromatic carbocycles. The summed E-state index contributed by atoms with van der Waals surface area (Å²) >= 11 is 0. The summed E-state index contributed by atoms with van der Waals surface area (Å²) < 4.78 is 6.00. The van der Waals surface area contributed by atoms with Gasteiger partial charge in [-0.2, -0.15) is 0 Å². The quantitative estimate of drug-likeness (QED) is 0.399. The van der Waals surface area contributed by atoms with Gasteiger partial charge in [0.1, 0.15) is 29.6 Å². The number of nitrogens with one attached hydrogen (secondary N) is 1. The number of nitro groups is 1. The fourth-order valence-corrected chi connectivity index (χ4v) is 4.54. The molecule has 0 spiro atoms. The van der Waals surface area contributed by atoms with Gasteiger partial charge in [0.05, 0.1) is 4.92 Å². The number of rotatable bonds is 4. The van der Waals surface area contributed by atoms with Gasteiger partial charge in [0.15, 0.2) is 0 Å². The summed E-state index contributed by atoms with van der Waals surface area (Å²) in [5, 5.41) is 14.8. The smallest absolute Gasteiger partial charge is 0.271 e. The van der Waals surface area contributed by atoms with Crippen LogP contribution in [0.2, 0.25) is 0 Å². The number of para-hydroxylation sites is 1. The Kier molecular flexibility index (Phi) is 3.96. The number of ether oxygens (including phenoxy) is 1. The molecule has 2 aliphatic heterocycles. The van der Waals surface area contributed by atoms with Crippen LogP contribution in [0, 0.1) is 10.1 Å². The van der Waals surface area contributed by atoms with Crippen molar-refractivity contribution in [3.8, 4) is 5.75 Å². The minimum atomic E-state index is -1.06. The lowest BCUT2D eigenvalue weighted by Crippen LogP contribution is -2.56. The summed E-state index contributed by atoms with van der Waals surface area (Å²) in [7, 11) is 0. The summed E-state index contributed by atoms with van der Waals surface area (Å²) in [5.74, 6) is 0.683. The third-order valence-electron chi connectivity index (χ3n) is 6.02. The summed E-state index contributed by atoms with van der Waals surface area (Å²) in [5.41, 5.74) is 1.03. The molecule has 2 aliphatic rings. The molecule has 0 bridgehead atoms. The van der Waals surface area contributed by atoms with E-state index >= 15 is 0 Å². The molecule has 5 rings (SSSR count). The number of fused-ring (bicyclic) bond motifs is 5. The van der Waals surface area contributed by atoms with Crippen molar-refractivity contribution >= 4 is 23.7 Å². The van der Waals surface area contributed by atoms with E-state index in [1.54, 1.807) is 6.07 Å². The van der Waals surface area contributed by atoms with E-state index in [4.69, 9.17) is 4.74 Å². The van der Waals surface area contributed by atoms with Gasteiger partial charge in [-0.05, 0) is 23.3 Å². The molecule has 0 aromatic heterocycles. The third kappa shape index (κ3) is 2.40. The molecule has 0 saturated carbocycles. The topological polar surface area (TPSA) is 81.5 Å². The number of nitrogens with zero attached hydrogens (tertiary/aromatic N) is 1. The van der Waals surface area contributed by atoms with Crippen LogP contribution in [0.4, 0.5) is 11.4 Å². The second-order valence-corrected chi connectivity index (χ2v) is 7.54. The number of non-ortho nitro benzene ring substituents is 1. The van der Waals surface area contributed by atoms with Gasteiger partial charge in [0.25, 0.3) is 5.69 Å². The van der Waals surface area contributed by atoms with E-state index in [1.165, 1.54) is 12.1 Å². The van der Waals surface area contributed by atoms with Crippen LogP contribution < -0.4 is 10.1 Å². The van der Waals surface area contributed by atoms with Crippen molar-refractivity contribution in [1.82, 2.24) is 0 Å². The van der Waals surface area contributed by atoms with Crippen molar-refractivity contribution in [3.05, 3.63) is 106 Å². The van der Waals surface area contributed by atoms with Crippen LogP contribution in [-0.2, 0) is 15.7 Å². The van der Waals surface area contributed by atoms with Crippen LogP contribution in [0.15, 0.2) is 78.9 Å². The van der Waals surface area contributed by atoms with Crippen LogP contribution in [-0.4, -0.2) is 17.8 Å². The maximum absolute atomic E-state index is 12.7. The first kappa shape index (κ1) is 18.1. The van der Waals surface area contributed by atoms with Crippen molar-refractivity contribution < 1.29 is 14.5 Å². The molecule has 148 valence electrons. The van der Waals surface area contributed by atoms with E-state index in [9.17, 15) is 14.9 Å². The van der Waals surface area contributed by atoms with E-state index in [0.29, 0.717) is 17.0 Å². The summed E-state index contributed by atoms with van der Waals surface area (Å²) in [6.07, 6.45) is 4.85. The molecule has 2 heterocycles. The zero-order valence-corrected chi connectivity index (χ0v) is 15.9. The largest absolute Gasteiger partial charge is 0.492 e. The molecule has 1 N–H and O–H groups in total. The lowest BCUT2D eigenvalue weighted by Gasteiger charge is -2.45. The van der Waals surface area contributed by atoms with Gasteiger partial charge < -0.3 is 14.8 Å². The van der Waals surface area contributed by atoms with Crippen LogP contribution in [0.3, 0.4) is 0 Å². The highest BCUT2D eigenvalue weighted by atomic mass is 16.6. The fourth-order valence-electron chi connectivity index (χ4n) is 4.54. The zero-order chi connectivity index (χ0) is 20.8. The average molecular weight is 398 g/mol. The summed E-state index contributed by atoms with van der Waals surface area (Å²) in [4.78, 5) is 23.6. The van der Waals surface area contributed by atoms with Crippen molar-refractivity contribution in [2.45, 2.75) is 11.0 Å². The molecule has 3 aromatic rings. The number of hydrogen-bond donors (Lipinski definition) is 1. The Labute approximate surface area is 173 Å². The molecule has 0 fully saturated rings.